The summed E-state index contributed by atoms with van der Waals surface area (Å²) in [5.41, 5.74) is 0.454. The van der Waals surface area contributed by atoms with Gasteiger partial charge in [-0.1, -0.05) is 0 Å². The van der Waals surface area contributed by atoms with Gasteiger partial charge in [-0.2, -0.15) is 4.98 Å². The number of methoxy groups -OCH3 is 1. The predicted octanol–water partition coefficient (Wildman–Crippen LogP) is 2.38. The first-order valence-electron chi connectivity index (χ1n) is 11.3. The molecule has 2 aromatic heterocycles. The van der Waals surface area contributed by atoms with Crippen molar-refractivity contribution >= 4 is 33.3 Å². The second kappa shape index (κ2) is 10.4. The van der Waals surface area contributed by atoms with Gasteiger partial charge in [-0.05, 0) is 38.8 Å². The Bertz CT molecular complexity index is 1140. The zero-order valence-electron chi connectivity index (χ0n) is 19.5. The van der Waals surface area contributed by atoms with Crippen molar-refractivity contribution in [3.63, 3.8) is 0 Å². The number of aliphatic hydroxyl groups is 3. The topological polar surface area (TPSA) is 142 Å². The van der Waals surface area contributed by atoms with Crippen molar-refractivity contribution in [3.8, 4) is 16.3 Å². The summed E-state index contributed by atoms with van der Waals surface area (Å²) >= 11 is 1.48. The van der Waals surface area contributed by atoms with Crippen LogP contribution in [-0.4, -0.2) is 75.6 Å². The first kappa shape index (κ1) is 24.6. The Labute approximate surface area is 202 Å². The Hall–Kier alpha value is -2.57. The zero-order chi connectivity index (χ0) is 24.3. The highest BCUT2D eigenvalue weighted by Crippen LogP contribution is 2.41. The molecule has 3 unspecified atom stereocenters. The molecule has 34 heavy (non-hydrogen) atoms. The number of thiazole rings is 1. The fraction of sp³-hybridized carbons (Fsp3) is 0.522. The van der Waals surface area contributed by atoms with E-state index in [1.807, 2.05) is 32.0 Å². The van der Waals surface area contributed by atoms with Gasteiger partial charge in [0.05, 0.1) is 35.2 Å². The molecule has 1 aliphatic carbocycles. The molecule has 1 aliphatic rings. The lowest BCUT2D eigenvalue weighted by atomic mass is 10.0. The fourth-order valence-corrected chi connectivity index (χ4v) is 5.20. The molecule has 3 aromatic rings. The van der Waals surface area contributed by atoms with E-state index in [1.54, 1.807) is 7.11 Å². The number of nitrogens with one attached hydrogen (secondary N) is 2. The van der Waals surface area contributed by atoms with E-state index in [2.05, 4.69) is 20.6 Å². The van der Waals surface area contributed by atoms with Crippen LogP contribution < -0.4 is 15.4 Å². The van der Waals surface area contributed by atoms with Gasteiger partial charge >= 0.3 is 0 Å². The number of anilines is 2. The molecule has 0 radical (unpaired) electrons. The number of aryl methyl sites for hydroxylation is 1. The lowest BCUT2D eigenvalue weighted by Gasteiger charge is -2.31. The summed E-state index contributed by atoms with van der Waals surface area (Å²) in [7, 11) is 1.61. The van der Waals surface area contributed by atoms with Crippen molar-refractivity contribution in [2.75, 3.05) is 44.1 Å². The summed E-state index contributed by atoms with van der Waals surface area (Å²) in [5, 5.41) is 38.3. The Balaban J connectivity index is 1.74. The summed E-state index contributed by atoms with van der Waals surface area (Å²) in [6.45, 7) is 5.22. The average Bonchev–Trinajstić information content (AvgIpc) is 3.36. The Morgan fingerprint density at radius 1 is 1.26 bits per heavy atom. The average molecular weight is 490 g/mol. The minimum Gasteiger partial charge on any atom is -0.497 e. The maximum atomic E-state index is 11.2. The van der Waals surface area contributed by atoms with Gasteiger partial charge in [0.1, 0.15) is 22.7 Å². The smallest absolute Gasteiger partial charge is 0.224 e. The molecular formula is C23H31N5O5S. The molecule has 3 atom stereocenters. The second-order valence-corrected chi connectivity index (χ2v) is 9.34. The van der Waals surface area contributed by atoms with Crippen LogP contribution >= 0.6 is 11.3 Å². The Morgan fingerprint density at radius 2 is 2.09 bits per heavy atom. The van der Waals surface area contributed by atoms with Crippen LogP contribution in [0.4, 0.5) is 11.8 Å². The van der Waals surface area contributed by atoms with E-state index < -0.39 is 17.7 Å². The van der Waals surface area contributed by atoms with Gasteiger partial charge < -0.3 is 35.4 Å². The maximum absolute atomic E-state index is 11.2. The van der Waals surface area contributed by atoms with Gasteiger partial charge in [-0.15, -0.1) is 11.3 Å². The number of ether oxygens (including phenoxy) is 2. The number of nitrogens with zero attached hydrogens (tertiary/aromatic N) is 3. The molecule has 184 valence electrons. The van der Waals surface area contributed by atoms with Gasteiger partial charge in [0, 0.05) is 31.7 Å². The van der Waals surface area contributed by atoms with E-state index in [0.29, 0.717) is 60.0 Å². The summed E-state index contributed by atoms with van der Waals surface area (Å²) in [4.78, 5) is 14.0. The zero-order valence-corrected chi connectivity index (χ0v) is 20.4. The van der Waals surface area contributed by atoms with Gasteiger partial charge in [0.2, 0.25) is 5.95 Å². The summed E-state index contributed by atoms with van der Waals surface area (Å²) in [6, 6.07) is 5.69. The Morgan fingerprint density at radius 3 is 2.79 bits per heavy atom. The first-order chi connectivity index (χ1) is 16.4. The molecular weight excluding hydrogens is 458 g/mol. The van der Waals surface area contributed by atoms with Crippen LogP contribution in [-0.2, 0) is 4.74 Å². The molecule has 0 amide bonds. The number of aromatic nitrogens is 3. The minimum atomic E-state index is -1.63. The van der Waals surface area contributed by atoms with Crippen LogP contribution in [0.15, 0.2) is 18.2 Å². The van der Waals surface area contributed by atoms with Gasteiger partial charge in [-0.25, -0.2) is 9.97 Å². The van der Waals surface area contributed by atoms with E-state index >= 15 is 0 Å². The van der Waals surface area contributed by atoms with Crippen molar-refractivity contribution in [2.45, 2.75) is 38.5 Å². The van der Waals surface area contributed by atoms with Crippen LogP contribution in [0.3, 0.4) is 0 Å². The predicted molar refractivity (Wildman–Crippen MR) is 131 cm³/mol. The monoisotopic (exact) mass is 489 g/mol. The SMILES string of the molecule is CCOCCNc1nc(C)c(-c2nc3cc(OC)ccc3s2)c(NC2(O)CCC(CO)C2O)n1. The number of hydrogen-bond acceptors (Lipinski definition) is 11. The van der Waals surface area contributed by atoms with Crippen molar-refractivity contribution in [1.29, 1.82) is 0 Å². The molecule has 0 spiro atoms. The summed E-state index contributed by atoms with van der Waals surface area (Å²) in [6.07, 6.45) is -0.387. The lowest BCUT2D eigenvalue weighted by Crippen LogP contribution is -2.48. The van der Waals surface area contributed by atoms with E-state index in [4.69, 9.17) is 14.5 Å². The quantitative estimate of drug-likeness (QED) is 0.213. The van der Waals surface area contributed by atoms with Gasteiger partial charge in [0.15, 0.2) is 5.72 Å². The lowest BCUT2D eigenvalue weighted by molar-refractivity contribution is -0.0545. The van der Waals surface area contributed by atoms with Crippen molar-refractivity contribution in [1.82, 2.24) is 15.0 Å². The number of benzene rings is 1. The normalized spacial score (nSPS) is 22.3. The van der Waals surface area contributed by atoms with E-state index in [9.17, 15) is 15.3 Å². The van der Waals surface area contributed by atoms with Crippen LogP contribution in [0.2, 0.25) is 0 Å². The highest BCUT2D eigenvalue weighted by Gasteiger charge is 2.47. The second-order valence-electron chi connectivity index (χ2n) is 8.31. The number of rotatable bonds is 10. The van der Waals surface area contributed by atoms with Crippen LogP contribution in [0.1, 0.15) is 25.5 Å². The van der Waals surface area contributed by atoms with E-state index in [1.165, 1.54) is 11.3 Å². The van der Waals surface area contributed by atoms with E-state index in [-0.39, 0.29) is 13.0 Å². The van der Waals surface area contributed by atoms with Crippen LogP contribution in [0.25, 0.3) is 20.8 Å². The molecule has 10 nitrogen and oxygen atoms in total. The van der Waals surface area contributed by atoms with Crippen LogP contribution in [0.5, 0.6) is 5.75 Å². The first-order valence-corrected chi connectivity index (χ1v) is 12.1. The molecule has 0 bridgehead atoms. The van der Waals surface area contributed by atoms with Gasteiger partial charge in [0.25, 0.3) is 0 Å². The van der Waals surface area contributed by atoms with Gasteiger partial charge in [-0.3, -0.25) is 0 Å². The minimum absolute atomic E-state index is 0.204. The number of aliphatic hydroxyl groups excluding tert-OH is 2. The van der Waals surface area contributed by atoms with Crippen molar-refractivity contribution in [2.24, 2.45) is 5.92 Å². The highest BCUT2D eigenvalue weighted by molar-refractivity contribution is 7.21. The molecule has 1 fully saturated rings. The fourth-order valence-electron chi connectivity index (χ4n) is 4.15. The summed E-state index contributed by atoms with van der Waals surface area (Å²) < 4.78 is 11.7. The molecule has 1 saturated carbocycles. The molecule has 0 saturated heterocycles. The third kappa shape index (κ3) is 4.93. The van der Waals surface area contributed by atoms with Crippen molar-refractivity contribution < 1.29 is 24.8 Å². The maximum Gasteiger partial charge on any atom is 0.224 e. The third-order valence-electron chi connectivity index (χ3n) is 6.03. The largest absolute Gasteiger partial charge is 0.497 e. The molecule has 0 aliphatic heterocycles. The van der Waals surface area contributed by atoms with Crippen LogP contribution in [0, 0.1) is 12.8 Å². The number of hydrogen-bond donors (Lipinski definition) is 5. The molecule has 11 heteroatoms. The molecule has 4 rings (SSSR count). The van der Waals surface area contributed by atoms with E-state index in [0.717, 1.165) is 10.2 Å². The number of fused-ring (bicyclic) bond motifs is 1. The standard InChI is InChI=1S/C23H31N5O5S/c1-4-33-10-9-24-22-25-13(2)18(21-26-16-11-15(32-3)5-6-17(16)34-21)20(27-22)28-23(31)8-7-14(12-29)19(23)30/h5-6,11,14,19,29-31H,4,7-10,12H2,1-3H3,(H2,24,25,27,28). The highest BCUT2D eigenvalue weighted by atomic mass is 32.1. The Kier molecular flexibility index (Phi) is 7.48. The van der Waals surface area contributed by atoms with Crippen molar-refractivity contribution in [3.05, 3.63) is 23.9 Å². The summed E-state index contributed by atoms with van der Waals surface area (Å²) in [5.74, 6) is 1.03. The molecule has 5 N–H and O–H groups in total. The third-order valence-corrected chi connectivity index (χ3v) is 7.09. The molecule has 2 heterocycles. The molecule has 1 aromatic carbocycles.